The highest BCUT2D eigenvalue weighted by Crippen LogP contribution is 2.19. The highest BCUT2D eigenvalue weighted by atomic mass is 16.5. The number of ether oxygens (including phenoxy) is 2. The molecule has 0 radical (unpaired) electrons. The first kappa shape index (κ1) is 48.1. The molecule has 0 spiro atoms. The van der Waals surface area contributed by atoms with Gasteiger partial charge in [-0.2, -0.15) is 5.06 Å². The third-order valence-electron chi connectivity index (χ3n) is 11.1. The van der Waals surface area contributed by atoms with Crippen LogP contribution in [0.15, 0.2) is 48.5 Å². The molecule has 0 fully saturated rings. The van der Waals surface area contributed by atoms with E-state index in [1.165, 1.54) is 198 Å². The van der Waals surface area contributed by atoms with Gasteiger partial charge in [0, 0.05) is 13.1 Å². The minimum atomic E-state index is 0.483. The van der Waals surface area contributed by atoms with Gasteiger partial charge in [0.15, 0.2) is 0 Å². The van der Waals surface area contributed by atoms with Crippen LogP contribution in [-0.2, 0) is 13.1 Å². The Kier molecular flexibility index (Phi) is 32.6. The van der Waals surface area contributed by atoms with Gasteiger partial charge in [0.1, 0.15) is 11.5 Å². The van der Waals surface area contributed by atoms with Gasteiger partial charge in [-0.1, -0.05) is 231 Å². The second-order valence-corrected chi connectivity index (χ2v) is 16.4. The third kappa shape index (κ3) is 29.3. The van der Waals surface area contributed by atoms with Gasteiger partial charge < -0.3 is 14.7 Å². The maximum absolute atomic E-state index is 10.6. The molecule has 54 heavy (non-hydrogen) atoms. The Morgan fingerprint density at radius 2 is 0.556 bits per heavy atom. The molecule has 1 N–H and O–H groups in total. The molecule has 310 valence electrons. The molecule has 0 heterocycles. The molecule has 2 rings (SSSR count). The summed E-state index contributed by atoms with van der Waals surface area (Å²) < 4.78 is 12.0. The molecule has 0 aromatic heterocycles. The van der Waals surface area contributed by atoms with Gasteiger partial charge in [-0.15, -0.1) is 0 Å². The summed E-state index contributed by atoms with van der Waals surface area (Å²) in [6, 6.07) is 16.3. The zero-order valence-electron chi connectivity index (χ0n) is 35.8. The van der Waals surface area contributed by atoms with Crippen LogP contribution >= 0.6 is 0 Å². The molecule has 4 nitrogen and oxygen atoms in total. The number of hydroxylamine groups is 2. The largest absolute Gasteiger partial charge is 0.494 e. The maximum atomic E-state index is 10.6. The van der Waals surface area contributed by atoms with E-state index in [4.69, 9.17) is 9.47 Å². The highest BCUT2D eigenvalue weighted by Gasteiger charge is 2.06. The molecule has 2 aromatic carbocycles. The van der Waals surface area contributed by atoms with Gasteiger partial charge >= 0.3 is 0 Å². The van der Waals surface area contributed by atoms with Crippen LogP contribution in [0.1, 0.15) is 230 Å². The fraction of sp³-hybridized carbons (Fsp3) is 0.760. The Balaban J connectivity index is 1.38. The molecule has 0 saturated carbocycles. The average molecular weight is 750 g/mol. The van der Waals surface area contributed by atoms with Gasteiger partial charge in [-0.05, 0) is 48.2 Å². The molecule has 0 bridgehead atoms. The summed E-state index contributed by atoms with van der Waals surface area (Å²) in [5.41, 5.74) is 2.15. The van der Waals surface area contributed by atoms with Crippen molar-refractivity contribution in [1.29, 1.82) is 0 Å². The van der Waals surface area contributed by atoms with Crippen LogP contribution in [0.4, 0.5) is 0 Å². The fourth-order valence-corrected chi connectivity index (χ4v) is 7.54. The number of hydrogen-bond donors (Lipinski definition) is 1. The third-order valence-corrected chi connectivity index (χ3v) is 11.1. The Morgan fingerprint density at radius 3 is 0.796 bits per heavy atom. The van der Waals surface area contributed by atoms with E-state index in [9.17, 15) is 5.21 Å². The Hall–Kier alpha value is -2.04. The van der Waals surface area contributed by atoms with Crippen LogP contribution in [0.5, 0.6) is 11.5 Å². The van der Waals surface area contributed by atoms with E-state index in [0.717, 1.165) is 48.7 Å². The van der Waals surface area contributed by atoms with Crippen LogP contribution < -0.4 is 9.47 Å². The summed E-state index contributed by atoms with van der Waals surface area (Å²) >= 11 is 0. The number of nitrogens with zero attached hydrogens (tertiary/aromatic N) is 1. The van der Waals surface area contributed by atoms with Crippen LogP contribution in [0.2, 0.25) is 0 Å². The summed E-state index contributed by atoms with van der Waals surface area (Å²) in [6.07, 6.45) is 44.3. The number of benzene rings is 2. The normalized spacial score (nSPS) is 11.5. The number of hydrogen-bond acceptors (Lipinski definition) is 4. The standard InChI is InChI=1S/C50H87NO3/c1-3-5-7-9-11-13-15-17-19-21-23-25-27-29-31-33-43-53-49-39-35-47(36-40-49)45-51(52)46-48-37-41-50(42-38-48)54-44-34-32-30-28-26-24-22-20-18-16-14-12-10-8-6-4-2/h35-42,52H,3-34,43-46H2,1-2H3. The zero-order valence-corrected chi connectivity index (χ0v) is 35.8. The molecular weight excluding hydrogens is 663 g/mol. The Labute approximate surface area is 335 Å². The lowest BCUT2D eigenvalue weighted by atomic mass is 10.0. The van der Waals surface area contributed by atoms with Gasteiger partial charge in [-0.25, -0.2) is 0 Å². The van der Waals surface area contributed by atoms with Crippen molar-refractivity contribution in [3.8, 4) is 11.5 Å². The summed E-state index contributed by atoms with van der Waals surface area (Å²) in [5.74, 6) is 1.83. The van der Waals surface area contributed by atoms with E-state index in [2.05, 4.69) is 38.1 Å². The van der Waals surface area contributed by atoms with Gasteiger partial charge in [0.25, 0.3) is 0 Å². The lowest BCUT2D eigenvalue weighted by Gasteiger charge is -2.16. The monoisotopic (exact) mass is 750 g/mol. The van der Waals surface area contributed by atoms with Crippen molar-refractivity contribution < 1.29 is 14.7 Å². The summed E-state index contributed by atoms with van der Waals surface area (Å²) in [7, 11) is 0. The molecule has 0 saturated heterocycles. The first-order chi connectivity index (χ1) is 26.7. The maximum Gasteiger partial charge on any atom is 0.119 e. The molecule has 0 aliphatic rings. The van der Waals surface area contributed by atoms with E-state index in [1.807, 2.05) is 24.3 Å². The Bertz CT molecular complexity index is 955. The molecule has 0 aliphatic heterocycles. The second-order valence-electron chi connectivity index (χ2n) is 16.4. The minimum Gasteiger partial charge on any atom is -0.494 e. The predicted molar refractivity (Wildman–Crippen MR) is 234 cm³/mol. The average Bonchev–Trinajstić information content (AvgIpc) is 3.18. The van der Waals surface area contributed by atoms with Gasteiger partial charge in [0.05, 0.1) is 13.2 Å². The zero-order chi connectivity index (χ0) is 38.4. The van der Waals surface area contributed by atoms with Crippen molar-refractivity contribution in [3.05, 3.63) is 59.7 Å². The van der Waals surface area contributed by atoms with Crippen LogP contribution in [0.3, 0.4) is 0 Å². The van der Waals surface area contributed by atoms with Crippen LogP contribution in [0, 0.1) is 0 Å². The van der Waals surface area contributed by atoms with Crippen molar-refractivity contribution >= 4 is 0 Å². The SMILES string of the molecule is CCCCCCCCCCCCCCCCCCOc1ccc(CN(O)Cc2ccc(OCCCCCCCCCCCCCCCCCC)cc2)cc1. The van der Waals surface area contributed by atoms with Crippen LogP contribution in [0.25, 0.3) is 0 Å². The van der Waals surface area contributed by atoms with Gasteiger partial charge in [0.2, 0.25) is 0 Å². The van der Waals surface area contributed by atoms with E-state index in [-0.39, 0.29) is 0 Å². The molecule has 2 aromatic rings. The minimum absolute atomic E-state index is 0.483. The highest BCUT2D eigenvalue weighted by molar-refractivity contribution is 5.28. The Morgan fingerprint density at radius 1 is 0.333 bits per heavy atom. The van der Waals surface area contributed by atoms with Crippen LogP contribution in [-0.4, -0.2) is 23.5 Å². The van der Waals surface area contributed by atoms with Gasteiger partial charge in [-0.3, -0.25) is 0 Å². The quantitative estimate of drug-likeness (QED) is 0.0544. The fourth-order valence-electron chi connectivity index (χ4n) is 7.54. The first-order valence-electron chi connectivity index (χ1n) is 23.6. The summed E-state index contributed by atoms with van der Waals surface area (Å²) in [4.78, 5) is 0. The van der Waals surface area contributed by atoms with Crippen molar-refractivity contribution in [2.45, 2.75) is 232 Å². The van der Waals surface area contributed by atoms with E-state index in [0.29, 0.717) is 13.1 Å². The topological polar surface area (TPSA) is 41.9 Å². The van der Waals surface area contributed by atoms with Crippen molar-refractivity contribution in [1.82, 2.24) is 5.06 Å². The number of unbranched alkanes of at least 4 members (excludes halogenated alkanes) is 30. The van der Waals surface area contributed by atoms with E-state index in [1.54, 1.807) is 0 Å². The second kappa shape index (κ2) is 36.6. The smallest absolute Gasteiger partial charge is 0.119 e. The van der Waals surface area contributed by atoms with Crippen molar-refractivity contribution in [3.63, 3.8) is 0 Å². The lowest BCUT2D eigenvalue weighted by Crippen LogP contribution is -2.18. The summed E-state index contributed by atoms with van der Waals surface area (Å²) in [6.45, 7) is 7.11. The predicted octanol–water partition coefficient (Wildman–Crippen LogP) is 16.4. The molecule has 0 amide bonds. The number of rotatable bonds is 40. The molecular formula is C50H87NO3. The van der Waals surface area contributed by atoms with E-state index >= 15 is 0 Å². The lowest BCUT2D eigenvalue weighted by molar-refractivity contribution is -0.108. The summed E-state index contributed by atoms with van der Waals surface area (Å²) in [5, 5.41) is 12.0. The van der Waals surface area contributed by atoms with E-state index < -0.39 is 0 Å². The van der Waals surface area contributed by atoms with Crippen molar-refractivity contribution in [2.75, 3.05) is 13.2 Å². The molecule has 0 atom stereocenters. The molecule has 4 heteroatoms. The first-order valence-corrected chi connectivity index (χ1v) is 23.6. The molecule has 0 unspecified atom stereocenters. The molecule has 0 aliphatic carbocycles. The van der Waals surface area contributed by atoms with Crippen molar-refractivity contribution in [2.24, 2.45) is 0 Å².